The fraction of sp³-hybridized carbons (Fsp3) is 0.292. The second-order valence-electron chi connectivity index (χ2n) is 8.61. The predicted octanol–water partition coefficient (Wildman–Crippen LogP) is 4.50. The van der Waals surface area contributed by atoms with E-state index < -0.39 is 28.6 Å². The lowest BCUT2D eigenvalue weighted by Gasteiger charge is -2.21. The van der Waals surface area contributed by atoms with E-state index in [1.807, 2.05) is 0 Å². The van der Waals surface area contributed by atoms with Crippen molar-refractivity contribution in [2.75, 3.05) is 0 Å². The van der Waals surface area contributed by atoms with Crippen molar-refractivity contribution in [1.29, 1.82) is 0 Å². The minimum Gasteiger partial charge on any atom is -0.460 e. The van der Waals surface area contributed by atoms with Gasteiger partial charge in [0.2, 0.25) is 5.43 Å². The van der Waals surface area contributed by atoms with Gasteiger partial charge in [0.05, 0.1) is 15.9 Å². The fourth-order valence-electron chi connectivity index (χ4n) is 3.18. The summed E-state index contributed by atoms with van der Waals surface area (Å²) in [6.07, 6.45) is -0.754. The van der Waals surface area contributed by atoms with Gasteiger partial charge in [-0.2, -0.15) is 0 Å². The number of nitrogens with zero attached hydrogens (tertiary/aromatic N) is 1. The molecule has 0 aliphatic heterocycles. The Kier molecular flexibility index (Phi) is 6.71. The number of non-ortho nitro benzene ring substituents is 1. The largest absolute Gasteiger partial charge is 0.460 e. The molecule has 10 heteroatoms. The molecule has 0 radical (unpaired) electrons. The second-order valence-corrected chi connectivity index (χ2v) is 8.61. The van der Waals surface area contributed by atoms with Gasteiger partial charge in [-0.1, -0.05) is 0 Å². The molecule has 1 N–H and O–H groups in total. The Hall–Kier alpha value is -4.21. The summed E-state index contributed by atoms with van der Waals surface area (Å²) < 4.78 is 16.2. The summed E-state index contributed by atoms with van der Waals surface area (Å²) in [7, 11) is 0. The first-order chi connectivity index (χ1) is 15.9. The number of nitro groups is 1. The van der Waals surface area contributed by atoms with Crippen LogP contribution >= 0.6 is 0 Å². The highest BCUT2D eigenvalue weighted by Crippen LogP contribution is 2.27. The van der Waals surface area contributed by atoms with Gasteiger partial charge in [-0.05, 0) is 64.4 Å². The Morgan fingerprint density at radius 3 is 2.35 bits per heavy atom. The standard InChI is InChI=1S/C24H24N2O8/c1-13(25-23(29)34-24(3,4)5)22(28)33-17-10-11-18-19(12-17)32-14(2)20(21(18)27)15-6-8-16(9-7-15)26(30)31/h6-13H,1-5H3,(H,25,29). The molecule has 0 fully saturated rings. The van der Waals surface area contributed by atoms with Gasteiger partial charge in [0.25, 0.3) is 5.69 Å². The number of alkyl carbamates (subject to hydrolysis) is 1. The van der Waals surface area contributed by atoms with Crippen LogP contribution < -0.4 is 15.5 Å². The molecule has 3 aromatic rings. The van der Waals surface area contributed by atoms with Gasteiger partial charge in [-0.3, -0.25) is 14.9 Å². The van der Waals surface area contributed by atoms with Gasteiger partial charge in [0, 0.05) is 18.2 Å². The van der Waals surface area contributed by atoms with Crippen LogP contribution in [0.15, 0.2) is 51.7 Å². The summed E-state index contributed by atoms with van der Waals surface area (Å²) in [5.74, 6) is -0.303. The molecule has 1 atom stereocenters. The number of ether oxygens (including phenoxy) is 2. The number of amides is 1. The average molecular weight is 468 g/mol. The Morgan fingerprint density at radius 1 is 1.12 bits per heavy atom. The molecule has 2 aromatic carbocycles. The molecule has 1 unspecified atom stereocenters. The van der Waals surface area contributed by atoms with Crippen molar-refractivity contribution >= 4 is 28.7 Å². The van der Waals surface area contributed by atoms with Gasteiger partial charge >= 0.3 is 12.1 Å². The molecule has 0 bridgehead atoms. The van der Waals surface area contributed by atoms with Crippen molar-refractivity contribution in [3.8, 4) is 16.9 Å². The Labute approximate surface area is 194 Å². The SMILES string of the molecule is Cc1oc2cc(OC(=O)C(C)NC(=O)OC(C)(C)C)ccc2c(=O)c1-c1ccc([N+](=O)[O-])cc1. The van der Waals surface area contributed by atoms with Crippen LogP contribution in [0.1, 0.15) is 33.5 Å². The first-order valence-corrected chi connectivity index (χ1v) is 10.4. The minimum absolute atomic E-state index is 0.0894. The Bertz CT molecular complexity index is 1320. The lowest BCUT2D eigenvalue weighted by Crippen LogP contribution is -2.43. The van der Waals surface area contributed by atoms with Gasteiger partial charge in [0.15, 0.2) is 0 Å². The summed E-state index contributed by atoms with van der Waals surface area (Å²) in [4.78, 5) is 47.7. The first-order valence-electron chi connectivity index (χ1n) is 10.4. The van der Waals surface area contributed by atoms with Crippen LogP contribution in [0.3, 0.4) is 0 Å². The van der Waals surface area contributed by atoms with E-state index in [9.17, 15) is 24.5 Å². The maximum absolute atomic E-state index is 13.1. The number of benzene rings is 2. The average Bonchev–Trinajstić information content (AvgIpc) is 2.72. The van der Waals surface area contributed by atoms with Crippen molar-refractivity contribution in [1.82, 2.24) is 5.32 Å². The summed E-state index contributed by atoms with van der Waals surface area (Å²) in [6, 6.07) is 8.92. The van der Waals surface area contributed by atoms with E-state index in [2.05, 4.69) is 5.32 Å². The zero-order chi connectivity index (χ0) is 25.2. The normalized spacial score (nSPS) is 12.1. The smallest absolute Gasteiger partial charge is 0.408 e. The Balaban J connectivity index is 1.83. The molecular weight excluding hydrogens is 444 g/mol. The minimum atomic E-state index is -0.983. The summed E-state index contributed by atoms with van der Waals surface area (Å²) in [5, 5.41) is 13.5. The van der Waals surface area contributed by atoms with Crippen LogP contribution in [-0.4, -0.2) is 28.6 Å². The lowest BCUT2D eigenvalue weighted by molar-refractivity contribution is -0.384. The topological polar surface area (TPSA) is 138 Å². The van der Waals surface area contributed by atoms with Crippen molar-refractivity contribution in [3.05, 3.63) is 68.6 Å². The third-order valence-electron chi connectivity index (χ3n) is 4.71. The van der Waals surface area contributed by atoms with Crippen LogP contribution in [0.2, 0.25) is 0 Å². The fourth-order valence-corrected chi connectivity index (χ4v) is 3.18. The number of fused-ring (bicyclic) bond motifs is 1. The quantitative estimate of drug-likeness (QED) is 0.250. The highest BCUT2D eigenvalue weighted by molar-refractivity contribution is 5.86. The Morgan fingerprint density at radius 2 is 1.76 bits per heavy atom. The number of esters is 1. The zero-order valence-corrected chi connectivity index (χ0v) is 19.3. The van der Waals surface area contributed by atoms with Crippen molar-refractivity contribution in [2.45, 2.75) is 46.3 Å². The van der Waals surface area contributed by atoms with Crippen LogP contribution in [0.5, 0.6) is 5.75 Å². The van der Waals surface area contributed by atoms with Gasteiger partial charge in [-0.25, -0.2) is 9.59 Å². The zero-order valence-electron chi connectivity index (χ0n) is 19.3. The number of aryl methyl sites for hydroxylation is 1. The number of rotatable bonds is 5. The molecule has 3 rings (SSSR count). The van der Waals surface area contributed by atoms with Gasteiger partial charge < -0.3 is 19.2 Å². The summed E-state index contributed by atoms with van der Waals surface area (Å²) in [6.45, 7) is 8.16. The number of nitro benzene ring substituents is 1. The van der Waals surface area contributed by atoms with Crippen LogP contribution in [0.25, 0.3) is 22.1 Å². The van der Waals surface area contributed by atoms with E-state index in [-0.39, 0.29) is 33.4 Å². The van der Waals surface area contributed by atoms with Gasteiger partial charge in [0.1, 0.15) is 28.7 Å². The molecule has 0 aliphatic rings. The molecule has 0 spiro atoms. The first kappa shape index (κ1) is 24.4. The second kappa shape index (κ2) is 9.34. The van der Waals surface area contributed by atoms with E-state index in [4.69, 9.17) is 13.9 Å². The molecule has 1 heterocycles. The van der Waals surface area contributed by atoms with E-state index in [1.54, 1.807) is 27.7 Å². The van der Waals surface area contributed by atoms with Crippen LogP contribution in [0, 0.1) is 17.0 Å². The highest BCUT2D eigenvalue weighted by Gasteiger charge is 2.23. The molecule has 0 saturated carbocycles. The molecular formula is C24H24N2O8. The van der Waals surface area contributed by atoms with Gasteiger partial charge in [-0.15, -0.1) is 0 Å². The van der Waals surface area contributed by atoms with E-state index in [0.29, 0.717) is 11.3 Å². The third-order valence-corrected chi connectivity index (χ3v) is 4.71. The molecule has 1 aromatic heterocycles. The van der Waals surface area contributed by atoms with Crippen LogP contribution in [0.4, 0.5) is 10.5 Å². The number of hydrogen-bond acceptors (Lipinski definition) is 8. The number of carbonyl (C=O) groups excluding carboxylic acids is 2. The third kappa shape index (κ3) is 5.58. The number of hydrogen-bond donors (Lipinski definition) is 1. The van der Waals surface area contributed by atoms with E-state index >= 15 is 0 Å². The molecule has 0 saturated heterocycles. The number of nitrogens with one attached hydrogen (secondary N) is 1. The summed E-state index contributed by atoms with van der Waals surface area (Å²) >= 11 is 0. The summed E-state index contributed by atoms with van der Waals surface area (Å²) in [5.41, 5.74) is -0.168. The predicted molar refractivity (Wildman–Crippen MR) is 124 cm³/mol. The monoisotopic (exact) mass is 468 g/mol. The van der Waals surface area contributed by atoms with E-state index in [1.165, 1.54) is 49.4 Å². The van der Waals surface area contributed by atoms with Crippen molar-refractivity contribution in [3.63, 3.8) is 0 Å². The molecule has 10 nitrogen and oxygen atoms in total. The van der Waals surface area contributed by atoms with Crippen LogP contribution in [-0.2, 0) is 9.53 Å². The molecule has 1 amide bonds. The molecule has 0 aliphatic carbocycles. The lowest BCUT2D eigenvalue weighted by atomic mass is 10.0. The maximum Gasteiger partial charge on any atom is 0.408 e. The molecule has 178 valence electrons. The van der Waals surface area contributed by atoms with Crippen molar-refractivity contribution < 1.29 is 28.4 Å². The molecule has 34 heavy (non-hydrogen) atoms. The number of carbonyl (C=O) groups is 2. The maximum atomic E-state index is 13.1. The van der Waals surface area contributed by atoms with Crippen molar-refractivity contribution in [2.24, 2.45) is 0 Å². The highest BCUT2D eigenvalue weighted by atomic mass is 16.6. The van der Waals surface area contributed by atoms with E-state index in [0.717, 1.165) is 0 Å².